The molecule has 0 bridgehead atoms. The SMILES string of the molecule is Cc1cc(C)nc(SCC(=O)N(CC(=O)O)CC(C)C)n1. The summed E-state index contributed by atoms with van der Waals surface area (Å²) in [6.07, 6.45) is 0. The largest absolute Gasteiger partial charge is 0.480 e. The molecule has 7 heteroatoms. The Hall–Kier alpha value is -1.63. The number of aromatic nitrogens is 2. The van der Waals surface area contributed by atoms with E-state index in [9.17, 15) is 9.59 Å². The zero-order chi connectivity index (χ0) is 16.0. The summed E-state index contributed by atoms with van der Waals surface area (Å²) in [4.78, 5) is 32.8. The first-order valence-corrected chi connectivity index (χ1v) is 7.71. The fourth-order valence-electron chi connectivity index (χ4n) is 1.83. The molecule has 0 fully saturated rings. The van der Waals surface area contributed by atoms with Gasteiger partial charge in [0.15, 0.2) is 5.16 Å². The first-order valence-electron chi connectivity index (χ1n) is 6.72. The van der Waals surface area contributed by atoms with Crippen LogP contribution in [0.4, 0.5) is 0 Å². The predicted octanol–water partition coefficient (Wildman–Crippen LogP) is 1.75. The van der Waals surface area contributed by atoms with E-state index in [1.54, 1.807) is 0 Å². The molecule has 6 nitrogen and oxygen atoms in total. The minimum atomic E-state index is -1.00. The molecular formula is C14H21N3O3S. The highest BCUT2D eigenvalue weighted by Crippen LogP contribution is 2.15. The number of rotatable bonds is 7. The zero-order valence-corrected chi connectivity index (χ0v) is 13.6. The minimum absolute atomic E-state index is 0.142. The van der Waals surface area contributed by atoms with Crippen LogP contribution in [-0.2, 0) is 9.59 Å². The van der Waals surface area contributed by atoms with E-state index in [-0.39, 0.29) is 24.1 Å². The normalized spacial score (nSPS) is 10.7. The summed E-state index contributed by atoms with van der Waals surface area (Å²) in [5.41, 5.74) is 1.70. The number of carboxylic acids is 1. The molecule has 0 aromatic carbocycles. The number of carboxylic acid groups (broad SMARTS) is 1. The lowest BCUT2D eigenvalue weighted by Crippen LogP contribution is -2.39. The predicted molar refractivity (Wildman–Crippen MR) is 81.3 cm³/mol. The van der Waals surface area contributed by atoms with E-state index < -0.39 is 5.97 Å². The van der Waals surface area contributed by atoms with Crippen molar-refractivity contribution in [2.45, 2.75) is 32.9 Å². The average molecular weight is 311 g/mol. The van der Waals surface area contributed by atoms with Gasteiger partial charge in [0.25, 0.3) is 0 Å². The Labute approximate surface area is 129 Å². The average Bonchev–Trinajstić information content (AvgIpc) is 2.32. The highest BCUT2D eigenvalue weighted by atomic mass is 32.2. The van der Waals surface area contributed by atoms with Gasteiger partial charge in [-0.3, -0.25) is 9.59 Å². The fraction of sp³-hybridized carbons (Fsp3) is 0.571. The maximum Gasteiger partial charge on any atom is 0.323 e. The Balaban J connectivity index is 2.65. The maximum atomic E-state index is 12.1. The van der Waals surface area contributed by atoms with Crippen LogP contribution in [0.15, 0.2) is 11.2 Å². The van der Waals surface area contributed by atoms with Crippen LogP contribution in [0.5, 0.6) is 0 Å². The summed E-state index contributed by atoms with van der Waals surface area (Å²) in [7, 11) is 0. The molecule has 0 saturated carbocycles. The van der Waals surface area contributed by atoms with Gasteiger partial charge in [-0.25, -0.2) is 9.97 Å². The number of hydrogen-bond acceptors (Lipinski definition) is 5. The first kappa shape index (κ1) is 17.4. The van der Waals surface area contributed by atoms with Gasteiger partial charge in [0.1, 0.15) is 6.54 Å². The van der Waals surface area contributed by atoms with Crippen molar-refractivity contribution in [3.8, 4) is 0 Å². The number of nitrogens with zero attached hydrogens (tertiary/aromatic N) is 3. The quantitative estimate of drug-likeness (QED) is 0.610. The van der Waals surface area contributed by atoms with E-state index in [1.807, 2.05) is 33.8 Å². The van der Waals surface area contributed by atoms with Crippen molar-refractivity contribution in [3.63, 3.8) is 0 Å². The summed E-state index contributed by atoms with van der Waals surface area (Å²) < 4.78 is 0. The van der Waals surface area contributed by atoms with E-state index in [1.165, 1.54) is 16.7 Å². The Morgan fingerprint density at radius 2 is 1.86 bits per heavy atom. The highest BCUT2D eigenvalue weighted by Gasteiger charge is 2.18. The number of amides is 1. The minimum Gasteiger partial charge on any atom is -0.480 e. The van der Waals surface area contributed by atoms with Crippen molar-refractivity contribution < 1.29 is 14.7 Å². The number of carbonyl (C=O) groups excluding carboxylic acids is 1. The lowest BCUT2D eigenvalue weighted by molar-refractivity contribution is -0.143. The lowest BCUT2D eigenvalue weighted by Gasteiger charge is -2.22. The summed E-state index contributed by atoms with van der Waals surface area (Å²) >= 11 is 1.23. The third-order valence-electron chi connectivity index (χ3n) is 2.55. The number of aryl methyl sites for hydroxylation is 2. The van der Waals surface area contributed by atoms with Gasteiger partial charge in [0, 0.05) is 17.9 Å². The molecule has 0 saturated heterocycles. The lowest BCUT2D eigenvalue weighted by atomic mass is 10.2. The van der Waals surface area contributed by atoms with Crippen molar-refractivity contribution in [2.75, 3.05) is 18.8 Å². The highest BCUT2D eigenvalue weighted by molar-refractivity contribution is 7.99. The molecule has 116 valence electrons. The van der Waals surface area contributed by atoms with Crippen LogP contribution < -0.4 is 0 Å². The van der Waals surface area contributed by atoms with Crippen molar-refractivity contribution in [1.82, 2.24) is 14.9 Å². The second kappa shape index (κ2) is 7.97. The molecule has 1 aromatic heterocycles. The van der Waals surface area contributed by atoms with Gasteiger partial charge in [-0.15, -0.1) is 0 Å². The van der Waals surface area contributed by atoms with E-state index in [0.29, 0.717) is 11.7 Å². The van der Waals surface area contributed by atoms with Gasteiger partial charge in [-0.1, -0.05) is 25.6 Å². The van der Waals surface area contributed by atoms with Gasteiger partial charge in [0.05, 0.1) is 5.75 Å². The van der Waals surface area contributed by atoms with Crippen molar-refractivity contribution in [3.05, 3.63) is 17.5 Å². The molecule has 0 spiro atoms. The molecule has 1 N–H and O–H groups in total. The molecule has 0 unspecified atom stereocenters. The zero-order valence-electron chi connectivity index (χ0n) is 12.8. The molecule has 1 amide bonds. The number of hydrogen-bond donors (Lipinski definition) is 1. The van der Waals surface area contributed by atoms with Crippen LogP contribution >= 0.6 is 11.8 Å². The van der Waals surface area contributed by atoms with Crippen LogP contribution in [-0.4, -0.2) is 50.7 Å². The second-order valence-corrected chi connectivity index (χ2v) is 6.23. The smallest absolute Gasteiger partial charge is 0.323 e. The monoisotopic (exact) mass is 311 g/mol. The molecule has 0 atom stereocenters. The Kier molecular flexibility index (Phi) is 6.61. The van der Waals surface area contributed by atoms with Crippen LogP contribution in [0.2, 0.25) is 0 Å². The van der Waals surface area contributed by atoms with Crippen LogP contribution in [0.25, 0.3) is 0 Å². The van der Waals surface area contributed by atoms with Gasteiger partial charge in [-0.05, 0) is 25.8 Å². The van der Waals surface area contributed by atoms with Gasteiger partial charge in [0.2, 0.25) is 5.91 Å². The molecule has 0 aliphatic heterocycles. The molecule has 1 aromatic rings. The van der Waals surface area contributed by atoms with E-state index >= 15 is 0 Å². The van der Waals surface area contributed by atoms with E-state index in [0.717, 1.165) is 11.4 Å². The van der Waals surface area contributed by atoms with Crippen LogP contribution in [0, 0.1) is 19.8 Å². The number of thioether (sulfide) groups is 1. The summed E-state index contributed by atoms with van der Waals surface area (Å²) in [6, 6.07) is 1.86. The van der Waals surface area contributed by atoms with Crippen molar-refractivity contribution >= 4 is 23.6 Å². The topological polar surface area (TPSA) is 83.4 Å². The van der Waals surface area contributed by atoms with Crippen LogP contribution in [0.1, 0.15) is 25.2 Å². The second-order valence-electron chi connectivity index (χ2n) is 5.28. The summed E-state index contributed by atoms with van der Waals surface area (Å²) in [6.45, 7) is 7.79. The molecule has 0 aliphatic rings. The Morgan fingerprint density at radius 3 is 2.33 bits per heavy atom. The maximum absolute atomic E-state index is 12.1. The van der Waals surface area contributed by atoms with Gasteiger partial charge >= 0.3 is 5.97 Å². The molecule has 0 radical (unpaired) electrons. The summed E-state index contributed by atoms with van der Waals surface area (Å²) in [5, 5.41) is 9.42. The third kappa shape index (κ3) is 6.57. The standard InChI is InChI=1S/C14H21N3O3S/c1-9(2)6-17(7-13(19)20)12(18)8-21-14-15-10(3)5-11(4)16-14/h5,9H,6-8H2,1-4H3,(H,19,20). The van der Waals surface area contributed by atoms with Crippen molar-refractivity contribution in [2.24, 2.45) is 5.92 Å². The van der Waals surface area contributed by atoms with E-state index in [2.05, 4.69) is 9.97 Å². The van der Waals surface area contributed by atoms with E-state index in [4.69, 9.17) is 5.11 Å². The number of carbonyl (C=O) groups is 2. The van der Waals surface area contributed by atoms with Gasteiger partial charge < -0.3 is 10.0 Å². The van der Waals surface area contributed by atoms with Crippen molar-refractivity contribution in [1.29, 1.82) is 0 Å². The van der Waals surface area contributed by atoms with Gasteiger partial charge in [-0.2, -0.15) is 0 Å². The number of aliphatic carboxylic acids is 1. The molecule has 1 rings (SSSR count). The molecule has 21 heavy (non-hydrogen) atoms. The first-order chi connectivity index (χ1) is 9.77. The molecule has 1 heterocycles. The van der Waals surface area contributed by atoms with Crippen LogP contribution in [0.3, 0.4) is 0 Å². The molecule has 0 aliphatic carbocycles. The third-order valence-corrected chi connectivity index (χ3v) is 3.38. The Morgan fingerprint density at radius 1 is 1.29 bits per heavy atom. The Bertz CT molecular complexity index is 500. The fourth-order valence-corrected chi connectivity index (χ4v) is 2.69. The summed E-state index contributed by atoms with van der Waals surface area (Å²) in [5.74, 6) is -0.852. The molecular weight excluding hydrogens is 290 g/mol.